The summed E-state index contributed by atoms with van der Waals surface area (Å²) in [5.41, 5.74) is 1.06. The normalized spacial score (nSPS) is 11.3. The second-order valence-electron chi connectivity index (χ2n) is 4.20. The van der Waals surface area contributed by atoms with Crippen LogP contribution in [-0.4, -0.2) is 15.0 Å². The zero-order valence-electron chi connectivity index (χ0n) is 9.83. The van der Waals surface area contributed by atoms with E-state index in [0.29, 0.717) is 11.1 Å². The number of hydrogen-bond donors (Lipinski definition) is 0. The summed E-state index contributed by atoms with van der Waals surface area (Å²) in [4.78, 5) is 0. The van der Waals surface area contributed by atoms with Gasteiger partial charge in [0.2, 0.25) is 0 Å². The number of aromatic nitrogens is 3. The van der Waals surface area contributed by atoms with E-state index in [1.807, 2.05) is 4.68 Å². The first kappa shape index (κ1) is 12.5. The molecule has 0 bridgehead atoms. The zero-order chi connectivity index (χ0) is 11.3. The minimum absolute atomic E-state index is 0.388. The van der Waals surface area contributed by atoms with Crippen molar-refractivity contribution < 1.29 is 0 Å². The maximum Gasteiger partial charge on any atom is 0.174 e. The lowest BCUT2D eigenvalue weighted by Crippen LogP contribution is -2.06. The summed E-state index contributed by atoms with van der Waals surface area (Å²) >= 11 is 5.99. The van der Waals surface area contributed by atoms with Crippen LogP contribution in [0.25, 0.3) is 0 Å². The molecule has 0 amide bonds. The van der Waals surface area contributed by atoms with Gasteiger partial charge in [-0.05, 0) is 12.3 Å². The van der Waals surface area contributed by atoms with E-state index in [0.717, 1.165) is 18.7 Å². The van der Waals surface area contributed by atoms with E-state index in [-0.39, 0.29) is 0 Å². The van der Waals surface area contributed by atoms with Crippen LogP contribution in [0, 0.1) is 0 Å². The highest BCUT2D eigenvalue weighted by Gasteiger charge is 2.13. The third-order valence-corrected chi connectivity index (χ3v) is 2.77. The topological polar surface area (TPSA) is 30.7 Å². The van der Waals surface area contributed by atoms with E-state index >= 15 is 0 Å². The molecule has 0 spiro atoms. The quantitative estimate of drug-likeness (QED) is 0.698. The van der Waals surface area contributed by atoms with Crippen LogP contribution in [0.5, 0.6) is 0 Å². The van der Waals surface area contributed by atoms with Crippen molar-refractivity contribution in [3.8, 4) is 0 Å². The lowest BCUT2D eigenvalue weighted by molar-refractivity contribution is 0.503. The van der Waals surface area contributed by atoms with Gasteiger partial charge in [-0.15, -0.1) is 5.10 Å². The van der Waals surface area contributed by atoms with Crippen LogP contribution in [0.2, 0.25) is 5.15 Å². The Kier molecular flexibility index (Phi) is 5.09. The number of unbranched alkanes of at least 4 members (excludes halogenated alkanes) is 3. The Morgan fingerprint density at radius 2 is 2.00 bits per heavy atom. The molecule has 0 aliphatic heterocycles. The Hall–Kier alpha value is -0.570. The summed E-state index contributed by atoms with van der Waals surface area (Å²) in [7, 11) is 0. The molecule has 4 heteroatoms. The Labute approximate surface area is 96.8 Å². The minimum atomic E-state index is 0.388. The van der Waals surface area contributed by atoms with Crippen LogP contribution in [0.1, 0.15) is 58.1 Å². The zero-order valence-corrected chi connectivity index (χ0v) is 10.6. The van der Waals surface area contributed by atoms with E-state index in [2.05, 4.69) is 31.1 Å². The second-order valence-corrected chi connectivity index (χ2v) is 4.56. The van der Waals surface area contributed by atoms with Gasteiger partial charge in [-0.3, -0.25) is 0 Å². The first-order valence-electron chi connectivity index (χ1n) is 5.75. The molecule has 0 atom stereocenters. The molecule has 1 rings (SSSR count). The van der Waals surface area contributed by atoms with Gasteiger partial charge in [0.25, 0.3) is 0 Å². The van der Waals surface area contributed by atoms with Crippen molar-refractivity contribution in [2.24, 2.45) is 0 Å². The molecule has 0 aromatic carbocycles. The second kappa shape index (κ2) is 6.11. The fourth-order valence-corrected chi connectivity index (χ4v) is 2.04. The molecule has 0 saturated heterocycles. The van der Waals surface area contributed by atoms with Gasteiger partial charge in [-0.1, -0.05) is 56.8 Å². The lowest BCUT2D eigenvalue weighted by Gasteiger charge is -2.08. The number of halogens is 1. The Bertz CT molecular complexity index is 294. The van der Waals surface area contributed by atoms with E-state index in [9.17, 15) is 0 Å². The molecule has 86 valence electrons. The fourth-order valence-electron chi connectivity index (χ4n) is 1.69. The van der Waals surface area contributed by atoms with Crippen LogP contribution in [0.3, 0.4) is 0 Å². The SMILES string of the molecule is CCCCCCn1nnc(Cl)c1C(C)C. The van der Waals surface area contributed by atoms with E-state index in [1.54, 1.807) is 0 Å². The van der Waals surface area contributed by atoms with E-state index in [1.165, 1.54) is 19.3 Å². The third-order valence-electron chi connectivity index (χ3n) is 2.50. The van der Waals surface area contributed by atoms with Crippen molar-refractivity contribution >= 4 is 11.6 Å². The summed E-state index contributed by atoms with van der Waals surface area (Å²) in [5, 5.41) is 8.54. The van der Waals surface area contributed by atoms with Gasteiger partial charge < -0.3 is 0 Å². The summed E-state index contributed by atoms with van der Waals surface area (Å²) < 4.78 is 1.95. The maximum absolute atomic E-state index is 5.99. The Morgan fingerprint density at radius 1 is 1.27 bits per heavy atom. The molecule has 0 aliphatic carbocycles. The fraction of sp³-hybridized carbons (Fsp3) is 0.818. The maximum atomic E-state index is 5.99. The van der Waals surface area contributed by atoms with Crippen molar-refractivity contribution in [2.75, 3.05) is 0 Å². The van der Waals surface area contributed by atoms with Gasteiger partial charge in [-0.2, -0.15) is 0 Å². The van der Waals surface area contributed by atoms with Gasteiger partial charge in [0.1, 0.15) is 0 Å². The highest BCUT2D eigenvalue weighted by molar-refractivity contribution is 6.30. The van der Waals surface area contributed by atoms with Gasteiger partial charge in [0.15, 0.2) is 5.15 Å². The van der Waals surface area contributed by atoms with Crippen LogP contribution < -0.4 is 0 Å². The van der Waals surface area contributed by atoms with Crippen LogP contribution in [-0.2, 0) is 6.54 Å². The van der Waals surface area contributed by atoms with Gasteiger partial charge >= 0.3 is 0 Å². The molecule has 1 aromatic heterocycles. The summed E-state index contributed by atoms with van der Waals surface area (Å²) in [5.74, 6) is 0.388. The largest absolute Gasteiger partial charge is 0.248 e. The van der Waals surface area contributed by atoms with Gasteiger partial charge in [0.05, 0.1) is 5.69 Å². The predicted molar refractivity (Wildman–Crippen MR) is 63.3 cm³/mol. The molecule has 0 saturated carbocycles. The Morgan fingerprint density at radius 3 is 2.60 bits per heavy atom. The van der Waals surface area contributed by atoms with E-state index in [4.69, 9.17) is 11.6 Å². The summed E-state index contributed by atoms with van der Waals surface area (Å²) in [6.45, 7) is 7.39. The summed E-state index contributed by atoms with van der Waals surface area (Å²) in [6, 6.07) is 0. The molecule has 15 heavy (non-hydrogen) atoms. The minimum Gasteiger partial charge on any atom is -0.248 e. The predicted octanol–water partition coefficient (Wildman–Crippen LogP) is 3.64. The molecule has 0 aliphatic rings. The molecule has 3 nitrogen and oxygen atoms in total. The van der Waals surface area contributed by atoms with Crippen LogP contribution in [0.4, 0.5) is 0 Å². The summed E-state index contributed by atoms with van der Waals surface area (Å²) in [6.07, 6.45) is 4.97. The number of hydrogen-bond acceptors (Lipinski definition) is 2. The van der Waals surface area contributed by atoms with Crippen LogP contribution >= 0.6 is 11.6 Å². The molecule has 1 aromatic rings. The van der Waals surface area contributed by atoms with Crippen molar-refractivity contribution in [3.63, 3.8) is 0 Å². The van der Waals surface area contributed by atoms with Gasteiger partial charge in [0, 0.05) is 6.54 Å². The molecular formula is C11H20ClN3. The molecule has 0 unspecified atom stereocenters. The van der Waals surface area contributed by atoms with Crippen LogP contribution in [0.15, 0.2) is 0 Å². The third kappa shape index (κ3) is 3.49. The number of nitrogens with zero attached hydrogens (tertiary/aromatic N) is 3. The number of aryl methyl sites for hydroxylation is 1. The average Bonchev–Trinajstić information content (AvgIpc) is 2.54. The smallest absolute Gasteiger partial charge is 0.174 e. The molecule has 0 fully saturated rings. The monoisotopic (exact) mass is 229 g/mol. The van der Waals surface area contributed by atoms with Crippen molar-refractivity contribution in [1.29, 1.82) is 0 Å². The van der Waals surface area contributed by atoms with E-state index < -0.39 is 0 Å². The standard InChI is InChI=1S/C11H20ClN3/c1-4-5-6-7-8-15-10(9(2)3)11(12)13-14-15/h9H,4-8H2,1-3H3. The first-order chi connectivity index (χ1) is 7.16. The van der Waals surface area contributed by atoms with Crippen molar-refractivity contribution in [3.05, 3.63) is 10.8 Å². The lowest BCUT2D eigenvalue weighted by atomic mass is 10.1. The number of rotatable bonds is 6. The molecular weight excluding hydrogens is 210 g/mol. The highest BCUT2D eigenvalue weighted by Crippen LogP contribution is 2.21. The highest BCUT2D eigenvalue weighted by atomic mass is 35.5. The van der Waals surface area contributed by atoms with Gasteiger partial charge in [-0.25, -0.2) is 4.68 Å². The van der Waals surface area contributed by atoms with Crippen molar-refractivity contribution in [2.45, 2.75) is 58.9 Å². The first-order valence-corrected chi connectivity index (χ1v) is 6.13. The molecule has 0 N–H and O–H groups in total. The average molecular weight is 230 g/mol. The molecule has 1 heterocycles. The Balaban J connectivity index is 2.53. The molecule has 0 radical (unpaired) electrons. The van der Waals surface area contributed by atoms with Crippen molar-refractivity contribution in [1.82, 2.24) is 15.0 Å².